The van der Waals surface area contributed by atoms with E-state index < -0.39 is 0 Å². The first-order valence-corrected chi connectivity index (χ1v) is 6.47. The molecule has 0 bridgehead atoms. The first-order valence-electron chi connectivity index (χ1n) is 6.47. The number of nitrogen functional groups attached to an aromatic ring is 1. The number of carbonyl (C=O) groups excluding carboxylic acids is 1. The molecule has 1 rings (SSSR count). The Morgan fingerprint density at radius 3 is 3.00 bits per heavy atom. The molecule has 4 heteroatoms. The molecule has 0 fully saturated rings. The maximum atomic E-state index is 11.9. The van der Waals surface area contributed by atoms with E-state index in [2.05, 4.69) is 11.9 Å². The average molecular weight is 262 g/mol. The van der Waals surface area contributed by atoms with Crippen LogP contribution in [0.4, 0.5) is 5.69 Å². The van der Waals surface area contributed by atoms with Crippen LogP contribution < -0.4 is 11.1 Å². The standard InChI is InChI=1S/C15H22N2O2/c1-3-4-9-19-10-8-17-15(18)12(2)13-6-5-7-14(16)11-13/h3,5-7,11-12H,1,4,8-10,16H2,2H3,(H,17,18). The van der Waals surface area contributed by atoms with Gasteiger partial charge in [0, 0.05) is 12.2 Å². The van der Waals surface area contributed by atoms with E-state index in [9.17, 15) is 4.79 Å². The zero-order chi connectivity index (χ0) is 14.1. The number of rotatable bonds is 8. The van der Waals surface area contributed by atoms with Crippen molar-refractivity contribution in [1.82, 2.24) is 5.32 Å². The highest BCUT2D eigenvalue weighted by Gasteiger charge is 2.14. The van der Waals surface area contributed by atoms with E-state index in [1.165, 1.54) is 0 Å². The van der Waals surface area contributed by atoms with Crippen LogP contribution in [0.1, 0.15) is 24.8 Å². The molecular formula is C15H22N2O2. The minimum atomic E-state index is -0.211. The molecule has 1 unspecified atom stereocenters. The van der Waals surface area contributed by atoms with Gasteiger partial charge in [-0.15, -0.1) is 6.58 Å². The molecule has 0 heterocycles. The second kappa shape index (κ2) is 8.32. The Morgan fingerprint density at radius 2 is 2.32 bits per heavy atom. The van der Waals surface area contributed by atoms with Crippen LogP contribution in [0.15, 0.2) is 36.9 Å². The minimum Gasteiger partial charge on any atom is -0.399 e. The van der Waals surface area contributed by atoms with Gasteiger partial charge in [-0.2, -0.15) is 0 Å². The number of benzene rings is 1. The highest BCUT2D eigenvalue weighted by molar-refractivity contribution is 5.83. The smallest absolute Gasteiger partial charge is 0.227 e. The number of nitrogens with one attached hydrogen (secondary N) is 1. The van der Waals surface area contributed by atoms with Gasteiger partial charge in [0.15, 0.2) is 0 Å². The summed E-state index contributed by atoms with van der Waals surface area (Å²) < 4.78 is 5.32. The van der Waals surface area contributed by atoms with Crippen molar-refractivity contribution in [3.05, 3.63) is 42.5 Å². The largest absolute Gasteiger partial charge is 0.399 e. The van der Waals surface area contributed by atoms with Crippen LogP contribution in [-0.4, -0.2) is 25.7 Å². The molecule has 0 aliphatic carbocycles. The summed E-state index contributed by atoms with van der Waals surface area (Å²) in [5.41, 5.74) is 7.30. The summed E-state index contributed by atoms with van der Waals surface area (Å²) >= 11 is 0. The Morgan fingerprint density at radius 1 is 1.53 bits per heavy atom. The first-order chi connectivity index (χ1) is 9.15. The summed E-state index contributed by atoms with van der Waals surface area (Å²) in [6.45, 7) is 7.15. The third-order valence-electron chi connectivity index (χ3n) is 2.82. The van der Waals surface area contributed by atoms with Gasteiger partial charge in [-0.05, 0) is 31.0 Å². The molecule has 0 radical (unpaired) electrons. The van der Waals surface area contributed by atoms with Crippen LogP contribution in [0.25, 0.3) is 0 Å². The second-order valence-corrected chi connectivity index (χ2v) is 4.37. The lowest BCUT2D eigenvalue weighted by Gasteiger charge is -2.13. The Kier molecular flexibility index (Phi) is 6.68. The average Bonchev–Trinajstić information content (AvgIpc) is 2.41. The van der Waals surface area contributed by atoms with E-state index in [0.717, 1.165) is 12.0 Å². The third kappa shape index (κ3) is 5.57. The maximum Gasteiger partial charge on any atom is 0.227 e. The van der Waals surface area contributed by atoms with Gasteiger partial charge in [0.2, 0.25) is 5.91 Å². The van der Waals surface area contributed by atoms with E-state index in [0.29, 0.717) is 25.4 Å². The SMILES string of the molecule is C=CCCOCCNC(=O)C(C)c1cccc(N)c1. The number of hydrogen-bond donors (Lipinski definition) is 2. The molecule has 0 aliphatic rings. The van der Waals surface area contributed by atoms with Gasteiger partial charge in [0.05, 0.1) is 19.1 Å². The summed E-state index contributed by atoms with van der Waals surface area (Å²) in [5.74, 6) is -0.227. The van der Waals surface area contributed by atoms with E-state index in [-0.39, 0.29) is 11.8 Å². The number of nitrogens with two attached hydrogens (primary N) is 1. The molecule has 0 spiro atoms. The number of anilines is 1. The molecule has 1 aromatic carbocycles. The lowest BCUT2D eigenvalue weighted by Crippen LogP contribution is -2.31. The molecule has 4 nitrogen and oxygen atoms in total. The molecule has 0 aliphatic heterocycles. The fourth-order valence-electron chi connectivity index (χ4n) is 1.65. The van der Waals surface area contributed by atoms with Gasteiger partial charge in [-0.1, -0.05) is 18.2 Å². The summed E-state index contributed by atoms with van der Waals surface area (Å²) in [7, 11) is 0. The van der Waals surface area contributed by atoms with Gasteiger partial charge >= 0.3 is 0 Å². The molecule has 1 aromatic rings. The van der Waals surface area contributed by atoms with Crippen molar-refractivity contribution in [2.45, 2.75) is 19.3 Å². The first kappa shape index (κ1) is 15.2. The Labute approximate surface area is 114 Å². The van der Waals surface area contributed by atoms with Gasteiger partial charge < -0.3 is 15.8 Å². The monoisotopic (exact) mass is 262 g/mol. The molecule has 1 amide bonds. The molecule has 0 aromatic heterocycles. The van der Waals surface area contributed by atoms with Crippen LogP contribution >= 0.6 is 0 Å². The predicted octanol–water partition coefficient (Wildman–Crippen LogP) is 2.08. The fraction of sp³-hybridized carbons (Fsp3) is 0.400. The molecule has 104 valence electrons. The van der Waals surface area contributed by atoms with Crippen molar-refractivity contribution in [1.29, 1.82) is 0 Å². The number of carbonyl (C=O) groups is 1. The van der Waals surface area contributed by atoms with Crippen LogP contribution in [0.3, 0.4) is 0 Å². The van der Waals surface area contributed by atoms with Crippen molar-refractivity contribution >= 4 is 11.6 Å². The molecule has 1 atom stereocenters. The van der Waals surface area contributed by atoms with E-state index in [1.807, 2.05) is 31.2 Å². The molecule has 0 saturated carbocycles. The maximum absolute atomic E-state index is 11.9. The highest BCUT2D eigenvalue weighted by Crippen LogP contribution is 2.17. The summed E-state index contributed by atoms with van der Waals surface area (Å²) in [5, 5.41) is 2.85. The van der Waals surface area contributed by atoms with Crippen LogP contribution in [-0.2, 0) is 9.53 Å². The minimum absolute atomic E-state index is 0.0158. The van der Waals surface area contributed by atoms with Gasteiger partial charge in [-0.3, -0.25) is 4.79 Å². The van der Waals surface area contributed by atoms with E-state index >= 15 is 0 Å². The quantitative estimate of drug-likeness (QED) is 0.428. The van der Waals surface area contributed by atoms with Crippen LogP contribution in [0.2, 0.25) is 0 Å². The number of amides is 1. The fourth-order valence-corrected chi connectivity index (χ4v) is 1.65. The van der Waals surface area contributed by atoms with Gasteiger partial charge in [0.1, 0.15) is 0 Å². The topological polar surface area (TPSA) is 64.3 Å². The van der Waals surface area contributed by atoms with Crippen molar-refractivity contribution < 1.29 is 9.53 Å². The Balaban J connectivity index is 2.31. The predicted molar refractivity (Wildman–Crippen MR) is 77.9 cm³/mol. The summed E-state index contributed by atoms with van der Waals surface area (Å²) in [6, 6.07) is 7.39. The number of ether oxygens (including phenoxy) is 1. The van der Waals surface area contributed by atoms with Gasteiger partial charge in [0.25, 0.3) is 0 Å². The molecule has 0 saturated heterocycles. The van der Waals surface area contributed by atoms with Crippen molar-refractivity contribution in [2.24, 2.45) is 0 Å². The highest BCUT2D eigenvalue weighted by atomic mass is 16.5. The number of hydrogen-bond acceptors (Lipinski definition) is 3. The Hall–Kier alpha value is -1.81. The normalized spacial score (nSPS) is 11.8. The van der Waals surface area contributed by atoms with Crippen molar-refractivity contribution in [3.8, 4) is 0 Å². The second-order valence-electron chi connectivity index (χ2n) is 4.37. The lowest BCUT2D eigenvalue weighted by atomic mass is 10.00. The van der Waals surface area contributed by atoms with Gasteiger partial charge in [-0.25, -0.2) is 0 Å². The van der Waals surface area contributed by atoms with Crippen molar-refractivity contribution in [2.75, 3.05) is 25.5 Å². The zero-order valence-electron chi connectivity index (χ0n) is 11.4. The van der Waals surface area contributed by atoms with E-state index in [1.54, 1.807) is 6.08 Å². The molecular weight excluding hydrogens is 240 g/mol. The zero-order valence-corrected chi connectivity index (χ0v) is 11.4. The third-order valence-corrected chi connectivity index (χ3v) is 2.82. The van der Waals surface area contributed by atoms with Crippen LogP contribution in [0.5, 0.6) is 0 Å². The lowest BCUT2D eigenvalue weighted by molar-refractivity contribution is -0.122. The molecule has 19 heavy (non-hydrogen) atoms. The summed E-state index contributed by atoms with van der Waals surface area (Å²) in [4.78, 5) is 11.9. The van der Waals surface area contributed by atoms with E-state index in [4.69, 9.17) is 10.5 Å². The Bertz CT molecular complexity index is 418. The molecule has 3 N–H and O–H groups in total. The summed E-state index contributed by atoms with van der Waals surface area (Å²) in [6.07, 6.45) is 2.63. The van der Waals surface area contributed by atoms with Crippen LogP contribution in [0, 0.1) is 0 Å². The van der Waals surface area contributed by atoms with Crippen molar-refractivity contribution in [3.63, 3.8) is 0 Å².